The zero-order chi connectivity index (χ0) is 86.1. The van der Waals surface area contributed by atoms with Gasteiger partial charge in [0.25, 0.3) is 6.71 Å². The Hall–Kier alpha value is -12.4. The molecule has 0 aliphatic carbocycles. The van der Waals surface area contributed by atoms with E-state index in [1.165, 1.54) is 132 Å². The van der Waals surface area contributed by atoms with Crippen molar-refractivity contribution in [3.05, 3.63) is 354 Å². The molecule has 0 spiro atoms. The molecule has 4 nitrogen and oxygen atoms in total. The fraction of sp³-hybridized carbons (Fsp3) is 0.237. The number of fused-ring (bicyclic) bond motifs is 10. The molecule has 0 radical (unpaired) electrons. The van der Waals surface area contributed by atoms with Crippen molar-refractivity contribution in [1.82, 2.24) is 9.13 Å². The first-order valence-electron chi connectivity index (χ1n) is 44.5. The van der Waals surface area contributed by atoms with Gasteiger partial charge in [-0.2, -0.15) is 0 Å². The van der Waals surface area contributed by atoms with Gasteiger partial charge in [-0.3, -0.25) is 0 Å². The minimum atomic E-state index is -0.382. The number of rotatable bonds is 10. The Morgan fingerprint density at radius 3 is 0.699 bits per heavy atom. The molecular weight excluding hydrogens is 1480 g/mol. The average molecular weight is 1600 g/mol. The van der Waals surface area contributed by atoms with E-state index in [0.29, 0.717) is 0 Å². The van der Waals surface area contributed by atoms with Gasteiger partial charge in [0.05, 0.1) is 33.4 Å². The molecule has 0 amide bonds. The first kappa shape index (κ1) is 80.3. The minimum Gasteiger partial charge on any atom is -0.310 e. The molecule has 0 bridgehead atoms. The van der Waals surface area contributed by atoms with Gasteiger partial charge in [-0.1, -0.05) is 352 Å². The molecule has 0 fully saturated rings. The van der Waals surface area contributed by atoms with Crippen molar-refractivity contribution in [2.24, 2.45) is 0 Å². The standard InChI is InChI=1S/C118H115BN4/c1-112(2,3)82-50-58-101-95(62-82)96-63-83(113(4,5)6)51-59-102(96)120(101)89-54-56-99-105(72-89)122(110-91(78-38-30-24-31-39-78)66-86(116(13,14)15)67-92(110)79-40-32-25-33-41-79)107-70-88(118(19,20)21)71-108-109(107)119(99)100-57-55-90(121-103-60-52-84(114(7,8)9)64-97(103)98-65-85(115(10,11)12)53-61-104(98)121)73-106(100)123(108)111-93(80-46-42-76(43-47-80)74-34-26-22-27-35-74)68-87(117(16,17)18)69-94(111)81-48-44-77(45-49-81)75-36-28-23-29-37-75/h22-73H,1-21H3. The van der Waals surface area contributed by atoms with Crippen LogP contribution < -0.4 is 26.2 Å². The second-order valence-corrected chi connectivity index (χ2v) is 42.3. The summed E-state index contributed by atoms with van der Waals surface area (Å²) >= 11 is 0. The molecule has 15 aromatic carbocycles. The lowest BCUT2D eigenvalue weighted by molar-refractivity contribution is 0.590. The molecule has 0 unspecified atom stereocenters. The second-order valence-electron chi connectivity index (χ2n) is 42.3. The van der Waals surface area contributed by atoms with E-state index in [0.717, 1.165) is 78.9 Å². The summed E-state index contributed by atoms with van der Waals surface area (Å²) in [5.41, 5.74) is 39.2. The van der Waals surface area contributed by atoms with Gasteiger partial charge >= 0.3 is 0 Å². The molecule has 17 aromatic rings. The number of hydrogen-bond acceptors (Lipinski definition) is 2. The monoisotopic (exact) mass is 1600 g/mol. The van der Waals surface area contributed by atoms with Crippen LogP contribution in [0.5, 0.6) is 0 Å². The first-order chi connectivity index (χ1) is 58.4. The van der Waals surface area contributed by atoms with Crippen molar-refractivity contribution >= 4 is 101 Å². The highest BCUT2D eigenvalue weighted by Gasteiger charge is 2.47. The average Bonchev–Trinajstić information content (AvgIpc) is 0.853. The number of aromatic nitrogens is 2. The molecular formula is C118H115BN4. The Kier molecular flexibility index (Phi) is 19.0. The molecule has 4 heterocycles. The summed E-state index contributed by atoms with van der Waals surface area (Å²) in [6, 6.07) is 123. The summed E-state index contributed by atoms with van der Waals surface area (Å²) in [5.74, 6) is 0. The van der Waals surface area contributed by atoms with Crippen LogP contribution in [0.2, 0.25) is 0 Å². The van der Waals surface area contributed by atoms with Crippen molar-refractivity contribution in [2.75, 3.05) is 9.80 Å². The van der Waals surface area contributed by atoms with Crippen LogP contribution in [0.4, 0.5) is 34.1 Å². The molecule has 2 aliphatic heterocycles. The smallest absolute Gasteiger partial charge is 0.252 e. The van der Waals surface area contributed by atoms with Crippen LogP contribution in [0.25, 0.3) is 122 Å². The van der Waals surface area contributed by atoms with Gasteiger partial charge in [0.2, 0.25) is 0 Å². The third kappa shape index (κ3) is 14.1. The Morgan fingerprint density at radius 1 is 0.195 bits per heavy atom. The third-order valence-corrected chi connectivity index (χ3v) is 26.6. The Morgan fingerprint density at radius 2 is 0.431 bits per heavy atom. The maximum atomic E-state index is 2.78. The lowest BCUT2D eigenvalue weighted by Gasteiger charge is -2.47. The van der Waals surface area contributed by atoms with E-state index >= 15 is 0 Å². The lowest BCUT2D eigenvalue weighted by atomic mass is 9.33. The van der Waals surface area contributed by atoms with Crippen LogP contribution in [-0.4, -0.2) is 15.8 Å². The summed E-state index contributed by atoms with van der Waals surface area (Å²) in [7, 11) is 0. The molecule has 5 heteroatoms. The van der Waals surface area contributed by atoms with Crippen LogP contribution in [-0.2, 0) is 37.9 Å². The van der Waals surface area contributed by atoms with Crippen molar-refractivity contribution in [2.45, 2.75) is 183 Å². The fourth-order valence-electron chi connectivity index (χ4n) is 19.3. The normalized spacial score (nSPS) is 13.4. The van der Waals surface area contributed by atoms with Crippen molar-refractivity contribution in [3.8, 4) is 78.1 Å². The molecule has 0 saturated carbocycles. The van der Waals surface area contributed by atoms with E-state index in [1.807, 2.05) is 0 Å². The van der Waals surface area contributed by atoms with Crippen LogP contribution in [0, 0.1) is 0 Å². The molecule has 2 aliphatic rings. The molecule has 610 valence electrons. The van der Waals surface area contributed by atoms with Crippen molar-refractivity contribution in [3.63, 3.8) is 0 Å². The fourth-order valence-corrected chi connectivity index (χ4v) is 19.3. The number of hydrogen-bond donors (Lipinski definition) is 0. The van der Waals surface area contributed by atoms with Crippen LogP contribution in [0.3, 0.4) is 0 Å². The number of benzene rings is 15. The van der Waals surface area contributed by atoms with Crippen LogP contribution >= 0.6 is 0 Å². The molecule has 123 heavy (non-hydrogen) atoms. The van der Waals surface area contributed by atoms with Gasteiger partial charge in [0.15, 0.2) is 0 Å². The van der Waals surface area contributed by atoms with Gasteiger partial charge in [-0.05, 0) is 247 Å². The molecule has 19 rings (SSSR count). The van der Waals surface area contributed by atoms with Crippen LogP contribution in [0.1, 0.15) is 184 Å². The highest BCUT2D eigenvalue weighted by molar-refractivity contribution is 7.00. The largest absolute Gasteiger partial charge is 0.310 e. The molecule has 0 saturated heterocycles. The van der Waals surface area contributed by atoms with Gasteiger partial charge in [0, 0.05) is 77.9 Å². The predicted molar refractivity (Wildman–Crippen MR) is 533 cm³/mol. The van der Waals surface area contributed by atoms with E-state index in [1.54, 1.807) is 0 Å². The van der Waals surface area contributed by atoms with E-state index in [-0.39, 0.29) is 44.6 Å². The zero-order valence-corrected chi connectivity index (χ0v) is 75.9. The highest BCUT2D eigenvalue weighted by atomic mass is 15.2. The predicted octanol–water partition coefficient (Wildman–Crippen LogP) is 31.0. The van der Waals surface area contributed by atoms with Gasteiger partial charge in [0.1, 0.15) is 0 Å². The second kappa shape index (κ2) is 29.1. The first-order valence-corrected chi connectivity index (χ1v) is 44.5. The van der Waals surface area contributed by atoms with Gasteiger partial charge in [-0.25, -0.2) is 0 Å². The van der Waals surface area contributed by atoms with Gasteiger partial charge < -0.3 is 18.9 Å². The van der Waals surface area contributed by atoms with E-state index in [9.17, 15) is 0 Å². The van der Waals surface area contributed by atoms with Crippen LogP contribution in [0.15, 0.2) is 315 Å². The van der Waals surface area contributed by atoms with Crippen molar-refractivity contribution in [1.29, 1.82) is 0 Å². The maximum Gasteiger partial charge on any atom is 0.252 e. The number of nitrogens with zero attached hydrogens (tertiary/aromatic N) is 4. The lowest BCUT2D eigenvalue weighted by Crippen LogP contribution is -2.61. The van der Waals surface area contributed by atoms with Crippen molar-refractivity contribution < 1.29 is 0 Å². The van der Waals surface area contributed by atoms with E-state index in [4.69, 9.17) is 0 Å². The van der Waals surface area contributed by atoms with E-state index in [2.05, 4.69) is 480 Å². The quantitative estimate of drug-likeness (QED) is 0.127. The summed E-state index contributed by atoms with van der Waals surface area (Å²) < 4.78 is 5.17. The minimum absolute atomic E-state index is 0.0755. The van der Waals surface area contributed by atoms with E-state index < -0.39 is 0 Å². The molecule has 2 aromatic heterocycles. The summed E-state index contributed by atoms with van der Waals surface area (Å²) in [6.45, 7) is 49.4. The molecule has 0 atom stereocenters. The third-order valence-electron chi connectivity index (χ3n) is 26.6. The Labute approximate surface area is 730 Å². The van der Waals surface area contributed by atoms with Gasteiger partial charge in [-0.15, -0.1) is 0 Å². The maximum absolute atomic E-state index is 2.78. The molecule has 0 N–H and O–H groups in total. The SMILES string of the molecule is CC(C)(C)c1cc(-c2ccccc2)c(N2c3cc(-n4c5ccc(C(C)(C)C)cc5c5cc(C(C)(C)C)ccc54)ccc3B3c4ccc(-n5c6ccc(C(C)(C)C)cc6c6cc(C(C)(C)C)ccc65)cc4N(c4c(-c5ccc(-c6ccccc6)cc5)cc(C(C)(C)C)cc4-c4ccc(-c5ccccc5)cc4)c4cc(C(C)(C)C)cc2c43)c(-c2ccccc2)c1. The Balaban J connectivity index is 0.999. The zero-order valence-electron chi connectivity index (χ0n) is 75.9. The summed E-state index contributed by atoms with van der Waals surface area (Å²) in [5, 5.41) is 5.04. The highest BCUT2D eigenvalue weighted by Crippen LogP contribution is 2.57. The topological polar surface area (TPSA) is 16.3 Å². The Bertz CT molecular complexity index is 6720. The summed E-state index contributed by atoms with van der Waals surface area (Å²) in [6.07, 6.45) is 0. The summed E-state index contributed by atoms with van der Waals surface area (Å²) in [4.78, 5) is 5.55. The number of anilines is 6.